The van der Waals surface area contributed by atoms with Gasteiger partial charge in [-0.05, 0) is 37.8 Å². The zero-order valence-corrected chi connectivity index (χ0v) is 11.7. The van der Waals surface area contributed by atoms with Crippen LogP contribution in [0.4, 0.5) is 5.69 Å². The number of phenols is 1. The lowest BCUT2D eigenvalue weighted by molar-refractivity contribution is -0.385. The number of nitrogens with zero attached hydrogens (tertiary/aromatic N) is 1. The minimum Gasteiger partial charge on any atom is -0.502 e. The maximum absolute atomic E-state index is 12.1. The molecule has 7 nitrogen and oxygen atoms in total. The van der Waals surface area contributed by atoms with Crippen molar-refractivity contribution in [1.82, 2.24) is 5.32 Å². The molecule has 1 fully saturated rings. The molecule has 1 atom stereocenters. The molecule has 2 N–H and O–H groups in total. The third-order valence-electron chi connectivity index (χ3n) is 3.77. The number of nitro benzene ring substituents is 1. The lowest BCUT2D eigenvalue weighted by Gasteiger charge is -2.28. The number of amides is 1. The van der Waals surface area contributed by atoms with Crippen LogP contribution in [-0.4, -0.2) is 35.2 Å². The smallest absolute Gasteiger partial charge is 0.311 e. The summed E-state index contributed by atoms with van der Waals surface area (Å²) in [6.45, 7) is 3.30. The molecule has 114 valence electrons. The summed E-state index contributed by atoms with van der Waals surface area (Å²) in [6.07, 6.45) is 1.77. The Morgan fingerprint density at radius 1 is 1.48 bits per heavy atom. The number of nitro groups is 1. The van der Waals surface area contributed by atoms with Crippen LogP contribution in [-0.2, 0) is 4.74 Å². The number of phenolic OH excluding ortho intramolecular Hbond substituents is 1. The number of ether oxygens (including phenoxy) is 1. The number of hydrogen-bond donors (Lipinski definition) is 2. The van der Waals surface area contributed by atoms with E-state index in [1.54, 1.807) is 0 Å². The van der Waals surface area contributed by atoms with Crippen molar-refractivity contribution in [3.63, 3.8) is 0 Å². The number of nitrogens with one attached hydrogen (secondary N) is 1. The summed E-state index contributed by atoms with van der Waals surface area (Å²) < 4.78 is 5.28. The van der Waals surface area contributed by atoms with Crippen LogP contribution in [0.3, 0.4) is 0 Å². The van der Waals surface area contributed by atoms with Crippen LogP contribution in [0.2, 0.25) is 0 Å². The molecular weight excluding hydrogens is 276 g/mol. The average molecular weight is 294 g/mol. The fourth-order valence-corrected chi connectivity index (χ4v) is 2.43. The fourth-order valence-electron chi connectivity index (χ4n) is 2.43. The van der Waals surface area contributed by atoms with E-state index in [2.05, 4.69) is 5.32 Å². The van der Waals surface area contributed by atoms with E-state index >= 15 is 0 Å². The van der Waals surface area contributed by atoms with Gasteiger partial charge in [0.25, 0.3) is 5.91 Å². The Kier molecular flexibility index (Phi) is 4.74. The van der Waals surface area contributed by atoms with E-state index in [9.17, 15) is 20.0 Å². The molecule has 0 aromatic heterocycles. The van der Waals surface area contributed by atoms with Gasteiger partial charge in [-0.1, -0.05) is 0 Å². The molecule has 1 heterocycles. The zero-order chi connectivity index (χ0) is 15.4. The molecule has 2 rings (SSSR count). The Balaban J connectivity index is 2.06. The van der Waals surface area contributed by atoms with Crippen LogP contribution >= 0.6 is 0 Å². The van der Waals surface area contributed by atoms with Crippen molar-refractivity contribution >= 4 is 11.6 Å². The van der Waals surface area contributed by atoms with E-state index in [-0.39, 0.29) is 17.5 Å². The van der Waals surface area contributed by atoms with E-state index in [1.165, 1.54) is 6.07 Å². The number of hydrogen-bond acceptors (Lipinski definition) is 5. The van der Waals surface area contributed by atoms with E-state index in [0.29, 0.717) is 19.1 Å². The first-order chi connectivity index (χ1) is 9.99. The van der Waals surface area contributed by atoms with Gasteiger partial charge in [0.2, 0.25) is 0 Å². The number of aromatic hydroxyl groups is 1. The molecule has 1 saturated heterocycles. The molecule has 7 heteroatoms. The van der Waals surface area contributed by atoms with Gasteiger partial charge in [-0.2, -0.15) is 0 Å². The molecule has 0 saturated carbocycles. The Hall–Kier alpha value is -2.15. The molecule has 1 aliphatic heterocycles. The van der Waals surface area contributed by atoms with Crippen LogP contribution < -0.4 is 5.32 Å². The first-order valence-electron chi connectivity index (χ1n) is 6.85. The molecule has 0 aliphatic carbocycles. The first-order valence-corrected chi connectivity index (χ1v) is 6.85. The monoisotopic (exact) mass is 294 g/mol. The summed E-state index contributed by atoms with van der Waals surface area (Å²) >= 11 is 0. The van der Waals surface area contributed by atoms with Gasteiger partial charge in [0, 0.05) is 30.9 Å². The quantitative estimate of drug-likeness (QED) is 0.651. The maximum atomic E-state index is 12.1. The molecule has 0 spiro atoms. The molecule has 1 aromatic rings. The molecule has 1 aliphatic rings. The summed E-state index contributed by atoms with van der Waals surface area (Å²) in [5, 5.41) is 23.0. The van der Waals surface area contributed by atoms with Gasteiger partial charge >= 0.3 is 5.69 Å². The fraction of sp³-hybridized carbons (Fsp3) is 0.500. The Morgan fingerprint density at radius 3 is 2.76 bits per heavy atom. The van der Waals surface area contributed by atoms with Gasteiger partial charge in [-0.3, -0.25) is 14.9 Å². The third kappa shape index (κ3) is 3.69. The Morgan fingerprint density at radius 2 is 2.14 bits per heavy atom. The van der Waals surface area contributed by atoms with E-state index in [1.807, 2.05) is 6.92 Å². The Bertz CT molecular complexity index is 540. The minimum atomic E-state index is -0.714. The van der Waals surface area contributed by atoms with Crippen LogP contribution in [0, 0.1) is 16.0 Å². The van der Waals surface area contributed by atoms with Gasteiger partial charge in [0.05, 0.1) is 4.92 Å². The summed E-state index contributed by atoms with van der Waals surface area (Å²) in [5.41, 5.74) is -0.306. The molecule has 1 aromatic carbocycles. The number of benzene rings is 1. The van der Waals surface area contributed by atoms with E-state index < -0.39 is 16.4 Å². The number of rotatable bonds is 4. The Labute approximate surface area is 122 Å². The van der Waals surface area contributed by atoms with Crippen molar-refractivity contribution in [2.75, 3.05) is 13.2 Å². The van der Waals surface area contributed by atoms with Crippen LogP contribution in [0.15, 0.2) is 18.2 Å². The lowest BCUT2D eigenvalue weighted by Crippen LogP contribution is -2.40. The second kappa shape index (κ2) is 6.53. The van der Waals surface area contributed by atoms with Crippen molar-refractivity contribution in [2.24, 2.45) is 5.92 Å². The summed E-state index contributed by atoms with van der Waals surface area (Å²) in [7, 11) is 0. The molecular formula is C14H18N2O5. The third-order valence-corrected chi connectivity index (χ3v) is 3.77. The second-order valence-corrected chi connectivity index (χ2v) is 5.17. The normalized spacial score (nSPS) is 17.2. The van der Waals surface area contributed by atoms with Gasteiger partial charge in [0.1, 0.15) is 0 Å². The predicted octanol–water partition coefficient (Wildman–Crippen LogP) is 1.85. The minimum absolute atomic E-state index is 0.0331. The molecule has 0 bridgehead atoms. The van der Waals surface area contributed by atoms with Crippen LogP contribution in [0.25, 0.3) is 0 Å². The van der Waals surface area contributed by atoms with Crippen molar-refractivity contribution < 1.29 is 19.6 Å². The second-order valence-electron chi connectivity index (χ2n) is 5.17. The SMILES string of the molecule is C[C@@H](NC(=O)c1ccc(O)c([N+](=O)[O-])c1)C1CCOCC1. The summed E-state index contributed by atoms with van der Waals surface area (Å²) in [5.74, 6) is -0.485. The maximum Gasteiger partial charge on any atom is 0.311 e. The highest BCUT2D eigenvalue weighted by Crippen LogP contribution is 2.26. The van der Waals surface area contributed by atoms with Gasteiger partial charge < -0.3 is 15.2 Å². The van der Waals surface area contributed by atoms with E-state index in [4.69, 9.17) is 4.74 Å². The van der Waals surface area contributed by atoms with E-state index in [0.717, 1.165) is 25.0 Å². The highest BCUT2D eigenvalue weighted by molar-refractivity contribution is 5.95. The predicted molar refractivity (Wildman–Crippen MR) is 75.2 cm³/mol. The first kappa shape index (κ1) is 15.2. The molecule has 0 unspecified atom stereocenters. The van der Waals surface area contributed by atoms with Crippen LogP contribution in [0.1, 0.15) is 30.1 Å². The number of carbonyl (C=O) groups is 1. The standard InChI is InChI=1S/C14H18N2O5/c1-9(10-4-6-21-7-5-10)15-14(18)11-2-3-13(17)12(8-11)16(19)20/h2-3,8-10,17H,4-7H2,1H3,(H,15,18)/t9-/m1/s1. The highest BCUT2D eigenvalue weighted by atomic mass is 16.6. The zero-order valence-electron chi connectivity index (χ0n) is 11.7. The van der Waals surface area contributed by atoms with Gasteiger partial charge in [-0.25, -0.2) is 0 Å². The largest absolute Gasteiger partial charge is 0.502 e. The lowest BCUT2D eigenvalue weighted by atomic mass is 9.93. The highest BCUT2D eigenvalue weighted by Gasteiger charge is 2.23. The molecule has 0 radical (unpaired) electrons. The van der Waals surface area contributed by atoms with Crippen LogP contribution in [0.5, 0.6) is 5.75 Å². The summed E-state index contributed by atoms with van der Waals surface area (Å²) in [4.78, 5) is 22.2. The number of carbonyl (C=O) groups excluding carboxylic acids is 1. The summed E-state index contributed by atoms with van der Waals surface area (Å²) in [6, 6.07) is 3.58. The van der Waals surface area contributed by atoms with Crippen molar-refractivity contribution in [3.05, 3.63) is 33.9 Å². The average Bonchev–Trinajstić information content (AvgIpc) is 2.48. The van der Waals surface area contributed by atoms with Gasteiger partial charge in [-0.15, -0.1) is 0 Å². The van der Waals surface area contributed by atoms with Gasteiger partial charge in [0.15, 0.2) is 5.75 Å². The van der Waals surface area contributed by atoms with Crippen molar-refractivity contribution in [2.45, 2.75) is 25.8 Å². The van der Waals surface area contributed by atoms with Crippen molar-refractivity contribution in [1.29, 1.82) is 0 Å². The topological polar surface area (TPSA) is 102 Å². The van der Waals surface area contributed by atoms with Crippen molar-refractivity contribution in [3.8, 4) is 5.75 Å². The molecule has 21 heavy (non-hydrogen) atoms. The molecule has 1 amide bonds.